The lowest BCUT2D eigenvalue weighted by atomic mass is 9.78. The number of allylic oxidation sites excluding steroid dienone is 1. The number of carbonyl (C=O) groups is 2. The summed E-state index contributed by atoms with van der Waals surface area (Å²) >= 11 is 0. The Morgan fingerprint density at radius 1 is 1.16 bits per heavy atom. The number of hydrogen-bond acceptors (Lipinski definition) is 3. The molecule has 142 valence electrons. The first-order valence-electron chi connectivity index (χ1n) is 9.85. The normalized spacial score (nSPS) is 21.0. The highest BCUT2D eigenvalue weighted by Gasteiger charge is 2.33. The van der Waals surface area contributed by atoms with Gasteiger partial charge in [0, 0.05) is 26.1 Å². The number of amides is 1. The molecule has 5 heteroatoms. The maximum Gasteiger partial charge on any atom is 0.307 e. The standard InChI is InChI=1S/C20H33NO4/c1-2-3-7-14-25-17-10-12-21(13-11-17)19(22)15-18(20(23)24)16-8-5-4-6-9-16/h2,16-18H,1,3-15H2,(H,23,24)/t18-/m0/s1. The zero-order valence-corrected chi connectivity index (χ0v) is 15.3. The van der Waals surface area contributed by atoms with Gasteiger partial charge in [0.05, 0.1) is 12.0 Å². The third kappa shape index (κ3) is 6.46. The van der Waals surface area contributed by atoms with Gasteiger partial charge in [0.1, 0.15) is 0 Å². The second-order valence-electron chi connectivity index (χ2n) is 7.43. The van der Waals surface area contributed by atoms with Crippen LogP contribution in [-0.4, -0.2) is 47.7 Å². The number of rotatable bonds is 9. The fraction of sp³-hybridized carbons (Fsp3) is 0.800. The van der Waals surface area contributed by atoms with Crippen LogP contribution in [0.1, 0.15) is 64.2 Å². The summed E-state index contributed by atoms with van der Waals surface area (Å²) in [5.41, 5.74) is 0. The number of piperidine rings is 1. The average Bonchev–Trinajstić information content (AvgIpc) is 2.64. The van der Waals surface area contributed by atoms with E-state index in [4.69, 9.17) is 4.74 Å². The molecule has 2 rings (SSSR count). The monoisotopic (exact) mass is 351 g/mol. The van der Waals surface area contributed by atoms with Crippen LogP contribution in [0.2, 0.25) is 0 Å². The first-order chi connectivity index (χ1) is 12.1. The van der Waals surface area contributed by atoms with E-state index < -0.39 is 11.9 Å². The third-order valence-electron chi connectivity index (χ3n) is 5.63. The van der Waals surface area contributed by atoms with Gasteiger partial charge in [-0.05, 0) is 44.4 Å². The number of likely N-dealkylation sites (tertiary alicyclic amines) is 1. The molecule has 2 fully saturated rings. The molecule has 0 aromatic heterocycles. The summed E-state index contributed by atoms with van der Waals surface area (Å²) < 4.78 is 5.85. The summed E-state index contributed by atoms with van der Waals surface area (Å²) in [6, 6.07) is 0. The summed E-state index contributed by atoms with van der Waals surface area (Å²) in [4.78, 5) is 26.1. The molecule has 1 heterocycles. The molecule has 1 aliphatic carbocycles. The number of ether oxygens (including phenoxy) is 1. The van der Waals surface area contributed by atoms with E-state index in [1.165, 1.54) is 6.42 Å². The fourth-order valence-electron chi connectivity index (χ4n) is 4.06. The minimum absolute atomic E-state index is 0.00285. The number of carbonyl (C=O) groups excluding carboxylic acids is 1. The minimum Gasteiger partial charge on any atom is -0.481 e. The lowest BCUT2D eigenvalue weighted by Crippen LogP contribution is -2.42. The molecule has 0 radical (unpaired) electrons. The first kappa shape index (κ1) is 20.0. The molecule has 1 amide bonds. The zero-order chi connectivity index (χ0) is 18.1. The predicted octanol–water partition coefficient (Wildman–Crippen LogP) is 3.63. The predicted molar refractivity (Wildman–Crippen MR) is 97.3 cm³/mol. The van der Waals surface area contributed by atoms with E-state index in [1.54, 1.807) is 0 Å². The molecule has 1 atom stereocenters. The van der Waals surface area contributed by atoms with Gasteiger partial charge in [-0.1, -0.05) is 25.3 Å². The molecule has 0 spiro atoms. The maximum absolute atomic E-state index is 12.6. The molecule has 0 aromatic rings. The van der Waals surface area contributed by atoms with E-state index in [9.17, 15) is 14.7 Å². The molecule has 0 aromatic carbocycles. The number of hydrogen-bond donors (Lipinski definition) is 1. The molecule has 0 unspecified atom stereocenters. The molecule has 5 nitrogen and oxygen atoms in total. The van der Waals surface area contributed by atoms with Crippen LogP contribution in [0.5, 0.6) is 0 Å². The van der Waals surface area contributed by atoms with Gasteiger partial charge in [0.25, 0.3) is 0 Å². The van der Waals surface area contributed by atoms with E-state index in [2.05, 4.69) is 6.58 Å². The van der Waals surface area contributed by atoms with Crippen molar-refractivity contribution in [3.05, 3.63) is 12.7 Å². The molecule has 2 aliphatic rings. The fourth-order valence-corrected chi connectivity index (χ4v) is 4.06. The molecule has 0 bridgehead atoms. The largest absolute Gasteiger partial charge is 0.481 e. The Balaban J connectivity index is 1.74. The topological polar surface area (TPSA) is 66.8 Å². The molecular weight excluding hydrogens is 318 g/mol. The number of unbranched alkanes of at least 4 members (excludes halogenated alkanes) is 1. The Morgan fingerprint density at radius 2 is 1.84 bits per heavy atom. The van der Waals surface area contributed by atoms with Gasteiger partial charge in [-0.15, -0.1) is 6.58 Å². The number of nitrogens with zero attached hydrogens (tertiary/aromatic N) is 1. The van der Waals surface area contributed by atoms with Gasteiger partial charge < -0.3 is 14.7 Å². The zero-order valence-electron chi connectivity index (χ0n) is 15.3. The Hall–Kier alpha value is -1.36. The molecule has 1 aliphatic heterocycles. The van der Waals surface area contributed by atoms with Crippen molar-refractivity contribution in [2.75, 3.05) is 19.7 Å². The van der Waals surface area contributed by atoms with Crippen LogP contribution in [0.4, 0.5) is 0 Å². The summed E-state index contributed by atoms with van der Waals surface area (Å²) in [6.45, 7) is 5.81. The van der Waals surface area contributed by atoms with Gasteiger partial charge in [0.2, 0.25) is 5.91 Å². The van der Waals surface area contributed by atoms with Crippen LogP contribution in [-0.2, 0) is 14.3 Å². The van der Waals surface area contributed by atoms with Crippen molar-refractivity contribution >= 4 is 11.9 Å². The molecule has 1 saturated heterocycles. The lowest BCUT2D eigenvalue weighted by molar-refractivity contribution is -0.149. The van der Waals surface area contributed by atoms with Crippen molar-refractivity contribution in [1.82, 2.24) is 4.90 Å². The van der Waals surface area contributed by atoms with Gasteiger partial charge in [-0.25, -0.2) is 0 Å². The van der Waals surface area contributed by atoms with E-state index in [1.807, 2.05) is 11.0 Å². The van der Waals surface area contributed by atoms with Gasteiger partial charge in [-0.3, -0.25) is 9.59 Å². The van der Waals surface area contributed by atoms with Crippen LogP contribution in [0.3, 0.4) is 0 Å². The van der Waals surface area contributed by atoms with Gasteiger partial charge >= 0.3 is 5.97 Å². The van der Waals surface area contributed by atoms with E-state index in [0.29, 0.717) is 13.1 Å². The van der Waals surface area contributed by atoms with E-state index >= 15 is 0 Å². The minimum atomic E-state index is -0.805. The van der Waals surface area contributed by atoms with Gasteiger partial charge in [-0.2, -0.15) is 0 Å². The Kier molecular flexibility index (Phi) is 8.45. The van der Waals surface area contributed by atoms with Gasteiger partial charge in [0.15, 0.2) is 0 Å². The van der Waals surface area contributed by atoms with Crippen molar-refractivity contribution in [2.24, 2.45) is 11.8 Å². The van der Waals surface area contributed by atoms with E-state index in [0.717, 1.165) is 58.0 Å². The average molecular weight is 351 g/mol. The highest BCUT2D eigenvalue weighted by atomic mass is 16.5. The molecule has 25 heavy (non-hydrogen) atoms. The lowest BCUT2D eigenvalue weighted by Gasteiger charge is -2.34. The van der Waals surface area contributed by atoms with Crippen LogP contribution >= 0.6 is 0 Å². The molecule has 1 saturated carbocycles. The summed E-state index contributed by atoms with van der Waals surface area (Å²) in [5.74, 6) is -1.15. The first-order valence-corrected chi connectivity index (χ1v) is 9.85. The van der Waals surface area contributed by atoms with E-state index in [-0.39, 0.29) is 24.3 Å². The third-order valence-corrected chi connectivity index (χ3v) is 5.63. The van der Waals surface area contributed by atoms with Crippen LogP contribution in [0, 0.1) is 11.8 Å². The van der Waals surface area contributed by atoms with Crippen molar-refractivity contribution in [3.63, 3.8) is 0 Å². The summed E-state index contributed by atoms with van der Waals surface area (Å²) in [6.07, 6.45) is 11.2. The summed E-state index contributed by atoms with van der Waals surface area (Å²) in [7, 11) is 0. The van der Waals surface area contributed by atoms with Crippen molar-refractivity contribution in [2.45, 2.75) is 70.3 Å². The Morgan fingerprint density at radius 3 is 2.44 bits per heavy atom. The molecule has 1 N–H and O–H groups in total. The number of carboxylic acids is 1. The highest BCUT2D eigenvalue weighted by molar-refractivity contribution is 5.82. The van der Waals surface area contributed by atoms with Crippen molar-refractivity contribution in [1.29, 1.82) is 0 Å². The van der Waals surface area contributed by atoms with Crippen LogP contribution < -0.4 is 0 Å². The van der Waals surface area contributed by atoms with Crippen LogP contribution in [0.25, 0.3) is 0 Å². The second kappa shape index (κ2) is 10.6. The number of aliphatic carboxylic acids is 1. The maximum atomic E-state index is 12.6. The van der Waals surface area contributed by atoms with Crippen molar-refractivity contribution < 1.29 is 19.4 Å². The Bertz CT molecular complexity index is 437. The SMILES string of the molecule is C=CCCCOC1CCN(C(=O)C[C@H](C(=O)O)C2CCCCC2)CC1. The quantitative estimate of drug-likeness (QED) is 0.509. The molecular formula is C20H33NO4. The highest BCUT2D eigenvalue weighted by Crippen LogP contribution is 2.32. The van der Waals surface area contributed by atoms with Crippen LogP contribution in [0.15, 0.2) is 12.7 Å². The Labute approximate surface area is 151 Å². The summed E-state index contributed by atoms with van der Waals surface area (Å²) in [5, 5.41) is 9.56. The number of carboxylic acid groups (broad SMARTS) is 1. The second-order valence-corrected chi connectivity index (χ2v) is 7.43. The smallest absolute Gasteiger partial charge is 0.307 e. The van der Waals surface area contributed by atoms with Crippen molar-refractivity contribution in [3.8, 4) is 0 Å².